The highest BCUT2D eigenvalue weighted by Crippen LogP contribution is 2.26. The lowest BCUT2D eigenvalue weighted by atomic mass is 9.92. The predicted octanol–water partition coefficient (Wildman–Crippen LogP) is 2.64. The van der Waals surface area contributed by atoms with Gasteiger partial charge in [-0.2, -0.15) is 5.10 Å². The minimum atomic E-state index is -0.219. The quantitative estimate of drug-likeness (QED) is 0.702. The standard InChI is InChI=1S/C23H25N5O3/c1-27-11-12-28-21(23(27)30)14-20(26-28)22(29)25-16-4-6-17(7-5-16)31-18-8-9-19-15(13-18)3-2-10-24-19/h2-3,8-10,13-14,16-17H,4-7,11-12H2,1H3,(H,25,29). The molecule has 2 aromatic heterocycles. The van der Waals surface area contributed by atoms with Crippen LogP contribution in [0.4, 0.5) is 0 Å². The van der Waals surface area contributed by atoms with Crippen LogP contribution in [0.1, 0.15) is 46.7 Å². The molecule has 5 rings (SSSR count). The van der Waals surface area contributed by atoms with E-state index in [1.807, 2.05) is 30.3 Å². The summed E-state index contributed by atoms with van der Waals surface area (Å²) in [4.78, 5) is 30.9. The summed E-state index contributed by atoms with van der Waals surface area (Å²) >= 11 is 0. The SMILES string of the molecule is CN1CCn2nc(C(=O)NC3CCC(Oc4ccc5ncccc5c4)CC3)cc2C1=O. The number of pyridine rings is 1. The molecule has 0 atom stereocenters. The molecule has 2 aliphatic rings. The van der Waals surface area contributed by atoms with Gasteiger partial charge in [-0.3, -0.25) is 19.3 Å². The molecule has 31 heavy (non-hydrogen) atoms. The fourth-order valence-corrected chi connectivity index (χ4v) is 4.32. The second-order valence-electron chi connectivity index (χ2n) is 8.29. The van der Waals surface area contributed by atoms with Gasteiger partial charge in [0.2, 0.25) is 0 Å². The van der Waals surface area contributed by atoms with Gasteiger partial charge in [-0.05, 0) is 49.9 Å². The van der Waals surface area contributed by atoms with Crippen LogP contribution in [0.15, 0.2) is 42.6 Å². The number of carbonyl (C=O) groups is 2. The number of carbonyl (C=O) groups excluding carboxylic acids is 2. The topological polar surface area (TPSA) is 89.3 Å². The van der Waals surface area contributed by atoms with E-state index in [0.717, 1.165) is 42.3 Å². The minimum absolute atomic E-state index is 0.0882. The predicted molar refractivity (Wildman–Crippen MR) is 115 cm³/mol. The van der Waals surface area contributed by atoms with Crippen LogP contribution in [0, 0.1) is 0 Å². The van der Waals surface area contributed by atoms with E-state index in [4.69, 9.17) is 4.74 Å². The molecular weight excluding hydrogens is 394 g/mol. The number of nitrogens with zero attached hydrogens (tertiary/aromatic N) is 4. The van der Waals surface area contributed by atoms with Gasteiger partial charge < -0.3 is 15.0 Å². The Bertz CT molecular complexity index is 1130. The highest BCUT2D eigenvalue weighted by Gasteiger charge is 2.28. The fourth-order valence-electron chi connectivity index (χ4n) is 4.32. The molecule has 0 saturated heterocycles. The van der Waals surface area contributed by atoms with Crippen LogP contribution in [0.3, 0.4) is 0 Å². The Morgan fingerprint density at radius 3 is 2.81 bits per heavy atom. The van der Waals surface area contributed by atoms with Crippen molar-refractivity contribution in [1.29, 1.82) is 0 Å². The van der Waals surface area contributed by atoms with E-state index in [-0.39, 0.29) is 24.0 Å². The number of rotatable bonds is 4. The minimum Gasteiger partial charge on any atom is -0.490 e. The maximum Gasteiger partial charge on any atom is 0.272 e. The summed E-state index contributed by atoms with van der Waals surface area (Å²) in [5, 5.41) is 8.46. The van der Waals surface area contributed by atoms with E-state index >= 15 is 0 Å². The number of ether oxygens (including phenoxy) is 1. The van der Waals surface area contributed by atoms with Gasteiger partial charge in [-0.25, -0.2) is 0 Å². The summed E-state index contributed by atoms with van der Waals surface area (Å²) in [7, 11) is 1.76. The number of likely N-dealkylation sites (N-methyl/N-ethyl adjacent to an activating group) is 1. The molecule has 160 valence electrons. The smallest absolute Gasteiger partial charge is 0.272 e. The average molecular weight is 419 g/mol. The largest absolute Gasteiger partial charge is 0.490 e. The summed E-state index contributed by atoms with van der Waals surface area (Å²) in [6.07, 6.45) is 5.36. The Morgan fingerprint density at radius 1 is 1.13 bits per heavy atom. The first kappa shape index (κ1) is 19.5. The highest BCUT2D eigenvalue weighted by atomic mass is 16.5. The number of amides is 2. The van der Waals surface area contributed by atoms with E-state index < -0.39 is 0 Å². The zero-order chi connectivity index (χ0) is 21.4. The lowest BCUT2D eigenvalue weighted by molar-refractivity contribution is 0.0742. The molecule has 3 aromatic rings. The molecular formula is C23H25N5O3. The molecule has 1 aliphatic heterocycles. The van der Waals surface area contributed by atoms with Crippen molar-refractivity contribution < 1.29 is 14.3 Å². The normalized spacial score (nSPS) is 21.1. The maximum atomic E-state index is 12.7. The van der Waals surface area contributed by atoms with Crippen molar-refractivity contribution in [3.63, 3.8) is 0 Å². The molecule has 3 heterocycles. The zero-order valence-corrected chi connectivity index (χ0v) is 17.5. The molecule has 1 fully saturated rings. The molecule has 1 N–H and O–H groups in total. The second kappa shape index (κ2) is 8.02. The molecule has 8 nitrogen and oxygen atoms in total. The number of nitrogens with one attached hydrogen (secondary N) is 1. The lowest BCUT2D eigenvalue weighted by Gasteiger charge is -2.29. The maximum absolute atomic E-state index is 12.7. The third-order valence-electron chi connectivity index (χ3n) is 6.11. The Labute approximate surface area is 180 Å². The van der Waals surface area contributed by atoms with Gasteiger partial charge in [0.05, 0.1) is 18.2 Å². The lowest BCUT2D eigenvalue weighted by Crippen LogP contribution is -2.40. The molecule has 0 spiro atoms. The molecule has 0 radical (unpaired) electrons. The van der Waals surface area contributed by atoms with Crippen LogP contribution in [-0.2, 0) is 6.54 Å². The third kappa shape index (κ3) is 3.97. The van der Waals surface area contributed by atoms with Crippen molar-refractivity contribution in [2.45, 2.75) is 44.4 Å². The van der Waals surface area contributed by atoms with Gasteiger partial charge in [0.15, 0.2) is 5.69 Å². The number of hydrogen-bond donors (Lipinski definition) is 1. The van der Waals surface area contributed by atoms with Crippen LogP contribution in [0.2, 0.25) is 0 Å². The molecule has 0 unspecified atom stereocenters. The van der Waals surface area contributed by atoms with Crippen LogP contribution in [0.25, 0.3) is 10.9 Å². The number of benzene rings is 1. The molecule has 2 amide bonds. The second-order valence-corrected chi connectivity index (χ2v) is 8.29. The van der Waals surface area contributed by atoms with E-state index in [2.05, 4.69) is 15.4 Å². The van der Waals surface area contributed by atoms with Crippen molar-refractivity contribution in [1.82, 2.24) is 25.0 Å². The van der Waals surface area contributed by atoms with Gasteiger partial charge in [0.1, 0.15) is 11.4 Å². The van der Waals surface area contributed by atoms with Gasteiger partial charge in [-0.15, -0.1) is 0 Å². The summed E-state index contributed by atoms with van der Waals surface area (Å²) < 4.78 is 7.81. The number of fused-ring (bicyclic) bond motifs is 2. The van der Waals surface area contributed by atoms with Crippen molar-refractivity contribution in [3.05, 3.63) is 54.0 Å². The first-order chi connectivity index (χ1) is 15.1. The first-order valence-electron chi connectivity index (χ1n) is 10.7. The van der Waals surface area contributed by atoms with Crippen molar-refractivity contribution in [3.8, 4) is 5.75 Å². The van der Waals surface area contributed by atoms with Crippen LogP contribution < -0.4 is 10.1 Å². The van der Waals surface area contributed by atoms with Crippen molar-refractivity contribution in [2.24, 2.45) is 0 Å². The average Bonchev–Trinajstić information content (AvgIpc) is 3.23. The van der Waals surface area contributed by atoms with Crippen LogP contribution in [0.5, 0.6) is 5.75 Å². The summed E-state index contributed by atoms with van der Waals surface area (Å²) in [5.41, 5.74) is 1.74. The molecule has 1 aromatic carbocycles. The van der Waals surface area contributed by atoms with Crippen molar-refractivity contribution in [2.75, 3.05) is 13.6 Å². The van der Waals surface area contributed by atoms with Gasteiger partial charge in [-0.1, -0.05) is 6.07 Å². The number of aromatic nitrogens is 3. The number of hydrogen-bond acceptors (Lipinski definition) is 5. The van der Waals surface area contributed by atoms with E-state index in [0.29, 0.717) is 24.5 Å². The molecule has 1 saturated carbocycles. The summed E-state index contributed by atoms with van der Waals surface area (Å²) in [6.45, 7) is 1.21. The fraction of sp³-hybridized carbons (Fsp3) is 0.391. The Kier molecular flexibility index (Phi) is 5.05. The van der Waals surface area contributed by atoms with E-state index in [1.54, 1.807) is 28.9 Å². The Balaban J connectivity index is 1.16. The first-order valence-corrected chi connectivity index (χ1v) is 10.7. The zero-order valence-electron chi connectivity index (χ0n) is 17.5. The molecule has 1 aliphatic carbocycles. The highest BCUT2D eigenvalue weighted by molar-refractivity contribution is 5.98. The van der Waals surface area contributed by atoms with Crippen molar-refractivity contribution >= 4 is 22.7 Å². The van der Waals surface area contributed by atoms with Crippen LogP contribution in [-0.4, -0.2) is 57.2 Å². The van der Waals surface area contributed by atoms with Gasteiger partial charge in [0, 0.05) is 37.3 Å². The Morgan fingerprint density at radius 2 is 1.97 bits per heavy atom. The van der Waals surface area contributed by atoms with Gasteiger partial charge in [0.25, 0.3) is 11.8 Å². The molecule has 0 bridgehead atoms. The van der Waals surface area contributed by atoms with E-state index in [1.165, 1.54) is 0 Å². The molecule has 8 heteroatoms. The summed E-state index contributed by atoms with van der Waals surface area (Å²) in [6, 6.07) is 11.6. The van der Waals surface area contributed by atoms with E-state index in [9.17, 15) is 9.59 Å². The third-order valence-corrected chi connectivity index (χ3v) is 6.11. The Hall–Kier alpha value is -3.42. The van der Waals surface area contributed by atoms with Crippen LogP contribution >= 0.6 is 0 Å². The summed E-state index contributed by atoms with van der Waals surface area (Å²) in [5.74, 6) is 0.537. The monoisotopic (exact) mass is 419 g/mol. The van der Waals surface area contributed by atoms with Gasteiger partial charge >= 0.3 is 0 Å².